The molecule has 0 spiro atoms. The fraction of sp³-hybridized carbons (Fsp3) is 0.385. The summed E-state index contributed by atoms with van der Waals surface area (Å²) in [6.07, 6.45) is 0.606. The van der Waals surface area contributed by atoms with E-state index in [0.717, 1.165) is 6.07 Å². The summed E-state index contributed by atoms with van der Waals surface area (Å²) >= 11 is 0. The molecule has 5 heteroatoms. The van der Waals surface area contributed by atoms with Gasteiger partial charge in [-0.25, -0.2) is 9.18 Å². The van der Waals surface area contributed by atoms with Crippen LogP contribution in [0.15, 0.2) is 24.3 Å². The van der Waals surface area contributed by atoms with Crippen LogP contribution in [0, 0.1) is 11.7 Å². The highest BCUT2D eigenvalue weighted by molar-refractivity contribution is 5.96. The highest BCUT2D eigenvalue weighted by Crippen LogP contribution is 2.11. The summed E-state index contributed by atoms with van der Waals surface area (Å²) in [4.78, 5) is 22.8. The van der Waals surface area contributed by atoms with E-state index < -0.39 is 23.7 Å². The summed E-state index contributed by atoms with van der Waals surface area (Å²) in [6, 6.07) is 4.46. The summed E-state index contributed by atoms with van der Waals surface area (Å²) in [7, 11) is 0. The topological polar surface area (TPSA) is 66.4 Å². The first-order chi connectivity index (χ1) is 8.47. The van der Waals surface area contributed by atoms with Crippen LogP contribution in [-0.2, 0) is 4.79 Å². The Morgan fingerprint density at radius 2 is 2.00 bits per heavy atom. The quantitative estimate of drug-likeness (QED) is 0.844. The Morgan fingerprint density at radius 3 is 2.50 bits per heavy atom. The third-order valence-corrected chi connectivity index (χ3v) is 2.88. The first-order valence-electron chi connectivity index (χ1n) is 5.75. The van der Waals surface area contributed by atoms with Crippen molar-refractivity contribution in [3.63, 3.8) is 0 Å². The van der Waals surface area contributed by atoms with Gasteiger partial charge < -0.3 is 10.4 Å². The van der Waals surface area contributed by atoms with Crippen molar-refractivity contribution in [2.24, 2.45) is 5.92 Å². The van der Waals surface area contributed by atoms with Gasteiger partial charge in [-0.15, -0.1) is 0 Å². The maximum atomic E-state index is 13.4. The molecule has 18 heavy (non-hydrogen) atoms. The van der Waals surface area contributed by atoms with Gasteiger partial charge in [0.2, 0.25) is 0 Å². The largest absolute Gasteiger partial charge is 0.480 e. The van der Waals surface area contributed by atoms with Gasteiger partial charge in [0.1, 0.15) is 11.9 Å². The van der Waals surface area contributed by atoms with Crippen LogP contribution < -0.4 is 5.32 Å². The number of halogens is 1. The number of carbonyl (C=O) groups excluding carboxylic acids is 1. The summed E-state index contributed by atoms with van der Waals surface area (Å²) < 4.78 is 13.4. The molecule has 0 saturated heterocycles. The van der Waals surface area contributed by atoms with Crippen molar-refractivity contribution in [1.82, 2.24) is 5.32 Å². The van der Waals surface area contributed by atoms with Crippen molar-refractivity contribution in [2.75, 3.05) is 0 Å². The van der Waals surface area contributed by atoms with E-state index in [1.807, 2.05) is 6.92 Å². The van der Waals surface area contributed by atoms with Crippen LogP contribution in [0.5, 0.6) is 0 Å². The van der Waals surface area contributed by atoms with Gasteiger partial charge in [0.25, 0.3) is 5.91 Å². The summed E-state index contributed by atoms with van der Waals surface area (Å²) in [5.74, 6) is -2.71. The number of hydrogen-bond acceptors (Lipinski definition) is 2. The number of hydrogen-bond donors (Lipinski definition) is 2. The number of carbonyl (C=O) groups is 2. The lowest BCUT2D eigenvalue weighted by molar-refractivity contribution is -0.140. The summed E-state index contributed by atoms with van der Waals surface area (Å²) in [6.45, 7) is 3.55. The maximum absolute atomic E-state index is 13.4. The molecule has 0 unspecified atom stereocenters. The first-order valence-corrected chi connectivity index (χ1v) is 5.75. The van der Waals surface area contributed by atoms with Gasteiger partial charge in [0.15, 0.2) is 0 Å². The second-order valence-electron chi connectivity index (χ2n) is 4.15. The van der Waals surface area contributed by atoms with Gasteiger partial charge >= 0.3 is 5.97 Å². The van der Waals surface area contributed by atoms with Crippen molar-refractivity contribution in [3.05, 3.63) is 35.6 Å². The van der Waals surface area contributed by atoms with E-state index in [1.165, 1.54) is 18.2 Å². The van der Waals surface area contributed by atoms with Crippen LogP contribution in [0.3, 0.4) is 0 Å². The average molecular weight is 253 g/mol. The fourth-order valence-corrected chi connectivity index (χ4v) is 1.55. The first kappa shape index (κ1) is 14.2. The minimum absolute atomic E-state index is 0.146. The number of amides is 1. The third-order valence-electron chi connectivity index (χ3n) is 2.88. The Kier molecular flexibility index (Phi) is 4.83. The molecule has 2 N–H and O–H groups in total. The molecule has 2 atom stereocenters. The van der Waals surface area contributed by atoms with Crippen LogP contribution in [0.2, 0.25) is 0 Å². The molecule has 0 aliphatic heterocycles. The van der Waals surface area contributed by atoms with Crippen LogP contribution in [0.4, 0.5) is 4.39 Å². The predicted molar refractivity (Wildman–Crippen MR) is 64.7 cm³/mol. The lowest BCUT2D eigenvalue weighted by Gasteiger charge is -2.20. The number of nitrogens with one attached hydrogen (secondary N) is 1. The van der Waals surface area contributed by atoms with E-state index in [0.29, 0.717) is 6.42 Å². The number of carboxylic acids is 1. The minimum Gasteiger partial charge on any atom is -0.480 e. The summed E-state index contributed by atoms with van der Waals surface area (Å²) in [5, 5.41) is 11.4. The van der Waals surface area contributed by atoms with Crippen molar-refractivity contribution in [2.45, 2.75) is 26.3 Å². The van der Waals surface area contributed by atoms with Crippen LogP contribution in [0.25, 0.3) is 0 Å². The van der Waals surface area contributed by atoms with E-state index in [-0.39, 0.29) is 11.5 Å². The van der Waals surface area contributed by atoms with Crippen molar-refractivity contribution >= 4 is 11.9 Å². The van der Waals surface area contributed by atoms with E-state index in [1.54, 1.807) is 6.92 Å². The smallest absolute Gasteiger partial charge is 0.326 e. The van der Waals surface area contributed by atoms with Gasteiger partial charge in [0.05, 0.1) is 5.56 Å². The standard InChI is InChI=1S/C13H16FNO3/c1-3-8(2)11(13(17)18)15-12(16)9-6-4-5-7-10(9)14/h4-8,11H,3H2,1-2H3,(H,15,16)(H,17,18)/t8-,11-/m1/s1. The molecule has 0 radical (unpaired) electrons. The maximum Gasteiger partial charge on any atom is 0.326 e. The zero-order valence-corrected chi connectivity index (χ0v) is 10.3. The molecule has 0 saturated carbocycles. The lowest BCUT2D eigenvalue weighted by atomic mass is 9.99. The van der Waals surface area contributed by atoms with Crippen LogP contribution >= 0.6 is 0 Å². The molecule has 1 amide bonds. The van der Waals surface area contributed by atoms with E-state index in [2.05, 4.69) is 5.32 Å². The molecule has 1 rings (SSSR count). The van der Waals surface area contributed by atoms with Gasteiger partial charge in [-0.05, 0) is 18.1 Å². The highest BCUT2D eigenvalue weighted by Gasteiger charge is 2.26. The molecule has 4 nitrogen and oxygen atoms in total. The zero-order chi connectivity index (χ0) is 13.7. The predicted octanol–water partition coefficient (Wildman–Crippen LogP) is 2.05. The Hall–Kier alpha value is -1.91. The molecule has 0 bridgehead atoms. The third kappa shape index (κ3) is 3.29. The Morgan fingerprint density at radius 1 is 1.39 bits per heavy atom. The Balaban J connectivity index is 2.86. The fourth-order valence-electron chi connectivity index (χ4n) is 1.55. The molecule has 98 valence electrons. The molecule has 0 aliphatic carbocycles. The number of benzene rings is 1. The summed E-state index contributed by atoms with van der Waals surface area (Å²) in [5.41, 5.74) is -0.146. The highest BCUT2D eigenvalue weighted by atomic mass is 19.1. The van der Waals surface area contributed by atoms with Gasteiger partial charge in [-0.1, -0.05) is 32.4 Å². The number of rotatable bonds is 5. The van der Waals surface area contributed by atoms with Gasteiger partial charge in [-0.3, -0.25) is 4.79 Å². The van der Waals surface area contributed by atoms with Gasteiger partial charge in [-0.2, -0.15) is 0 Å². The van der Waals surface area contributed by atoms with Crippen LogP contribution in [-0.4, -0.2) is 23.0 Å². The molecule has 0 aromatic heterocycles. The average Bonchev–Trinajstić information content (AvgIpc) is 2.35. The molecule has 0 heterocycles. The van der Waals surface area contributed by atoms with E-state index >= 15 is 0 Å². The normalized spacial score (nSPS) is 13.7. The molecule has 0 fully saturated rings. The second kappa shape index (κ2) is 6.14. The Bertz CT molecular complexity index is 448. The molecular weight excluding hydrogens is 237 g/mol. The molecule has 0 aliphatic rings. The lowest BCUT2D eigenvalue weighted by Crippen LogP contribution is -2.45. The van der Waals surface area contributed by atoms with E-state index in [9.17, 15) is 14.0 Å². The van der Waals surface area contributed by atoms with Crippen LogP contribution in [0.1, 0.15) is 30.6 Å². The molecule has 1 aromatic rings. The van der Waals surface area contributed by atoms with Gasteiger partial charge in [0, 0.05) is 0 Å². The SMILES string of the molecule is CC[C@@H](C)[C@@H](NC(=O)c1ccccc1F)C(=O)O. The monoisotopic (exact) mass is 253 g/mol. The van der Waals surface area contributed by atoms with E-state index in [4.69, 9.17) is 5.11 Å². The number of carboxylic acid groups (broad SMARTS) is 1. The minimum atomic E-state index is -1.12. The Labute approximate surface area is 105 Å². The molecular formula is C13H16FNO3. The second-order valence-corrected chi connectivity index (χ2v) is 4.15. The zero-order valence-electron chi connectivity index (χ0n) is 10.3. The van der Waals surface area contributed by atoms with Crippen molar-refractivity contribution in [1.29, 1.82) is 0 Å². The van der Waals surface area contributed by atoms with Crippen molar-refractivity contribution < 1.29 is 19.1 Å². The number of aliphatic carboxylic acids is 1. The molecule has 1 aromatic carbocycles. The van der Waals surface area contributed by atoms with Crippen molar-refractivity contribution in [3.8, 4) is 0 Å².